The van der Waals surface area contributed by atoms with Gasteiger partial charge in [0, 0.05) is 11.8 Å². The van der Waals surface area contributed by atoms with Crippen molar-refractivity contribution < 1.29 is 0 Å². The summed E-state index contributed by atoms with van der Waals surface area (Å²) in [5.41, 5.74) is 14.5. The minimum absolute atomic E-state index is 0.626. The first-order valence-corrected chi connectivity index (χ1v) is 15.4. The molecule has 0 amide bonds. The summed E-state index contributed by atoms with van der Waals surface area (Å²) < 4.78 is 0. The lowest BCUT2D eigenvalue weighted by atomic mass is 9.61. The molecule has 0 aromatic carbocycles. The van der Waals surface area contributed by atoms with E-state index >= 15 is 0 Å². The van der Waals surface area contributed by atoms with Crippen molar-refractivity contribution in [2.75, 3.05) is 0 Å². The molecule has 4 atom stereocenters. The number of allylic oxidation sites excluding steroid dienone is 12. The van der Waals surface area contributed by atoms with E-state index in [1.807, 2.05) is 27.9 Å². The van der Waals surface area contributed by atoms with Crippen molar-refractivity contribution in [3.63, 3.8) is 0 Å². The Bertz CT molecular complexity index is 1050. The topological polar surface area (TPSA) is 0 Å². The van der Waals surface area contributed by atoms with Gasteiger partial charge in [-0.3, -0.25) is 0 Å². The van der Waals surface area contributed by atoms with Crippen LogP contribution in [0, 0.1) is 41.4 Å². The predicted molar refractivity (Wildman–Crippen MR) is 150 cm³/mol. The van der Waals surface area contributed by atoms with Gasteiger partial charge in [0.05, 0.1) is 0 Å². The molecule has 0 spiro atoms. The monoisotopic (exact) mass is 468 g/mol. The van der Waals surface area contributed by atoms with Crippen LogP contribution >= 0.6 is 0 Å². The summed E-state index contributed by atoms with van der Waals surface area (Å²) >= 11 is 0. The van der Waals surface area contributed by atoms with Crippen LogP contribution in [0.4, 0.5) is 0 Å². The van der Waals surface area contributed by atoms with Gasteiger partial charge < -0.3 is 0 Å². The van der Waals surface area contributed by atoms with Gasteiger partial charge in [-0.2, -0.15) is 0 Å². The van der Waals surface area contributed by atoms with Gasteiger partial charge in [0.15, 0.2) is 0 Å². The highest BCUT2D eigenvalue weighted by Crippen LogP contribution is 2.60. The first-order valence-electron chi connectivity index (χ1n) is 15.4. The molecule has 0 aromatic rings. The third-order valence-corrected chi connectivity index (χ3v) is 10.5. The van der Waals surface area contributed by atoms with E-state index < -0.39 is 0 Å². The van der Waals surface area contributed by atoms with E-state index in [9.17, 15) is 0 Å². The molecule has 0 aromatic heterocycles. The highest BCUT2D eigenvalue weighted by atomic mass is 14.5. The maximum absolute atomic E-state index is 2.59. The second kappa shape index (κ2) is 9.39. The maximum Gasteiger partial charge on any atom is 0.00616 e. The molecule has 0 aliphatic heterocycles. The normalized spacial score (nSPS) is 37.1. The molecule has 6 aliphatic rings. The van der Waals surface area contributed by atoms with Crippen molar-refractivity contribution in [2.45, 2.75) is 105 Å². The minimum atomic E-state index is 0.626. The Kier molecular flexibility index (Phi) is 6.39. The quantitative estimate of drug-likeness (QED) is 0.295. The van der Waals surface area contributed by atoms with Gasteiger partial charge in [-0.25, -0.2) is 0 Å². The predicted octanol–water partition coefficient (Wildman–Crippen LogP) is 10.1. The molecule has 188 valence electrons. The summed E-state index contributed by atoms with van der Waals surface area (Å²) in [6.45, 7) is 12.6. The van der Waals surface area contributed by atoms with E-state index in [0.29, 0.717) is 23.7 Å². The van der Waals surface area contributed by atoms with Crippen LogP contribution in [0.5, 0.6) is 0 Å². The molecule has 0 saturated heterocycles. The molecule has 35 heavy (non-hydrogen) atoms. The Morgan fingerprint density at radius 2 is 1.46 bits per heavy atom. The lowest BCUT2D eigenvalue weighted by molar-refractivity contribution is 0.360. The fraction of sp³-hybridized carbons (Fsp3) is 0.657. The molecule has 3 fully saturated rings. The average molecular weight is 469 g/mol. The molecule has 6 rings (SSSR count). The van der Waals surface area contributed by atoms with Crippen molar-refractivity contribution in [1.82, 2.24) is 0 Å². The Morgan fingerprint density at radius 3 is 1.89 bits per heavy atom. The molecule has 6 aliphatic carbocycles. The SMILES string of the molecule is CC/C1=C(\C2CCC2)C(=C2C=C2)/C(C2C=CC2)=C(C(C)CC)\C(C2CC2)=C(\C(C)CC)[C@H]1C1CC1. The lowest BCUT2D eigenvalue weighted by Gasteiger charge is -2.43. The van der Waals surface area contributed by atoms with Gasteiger partial charge in [-0.1, -0.05) is 76.5 Å². The van der Waals surface area contributed by atoms with E-state index in [1.165, 1.54) is 70.6 Å². The zero-order valence-corrected chi connectivity index (χ0v) is 23.1. The molecular formula is C35H48. The maximum atomic E-state index is 2.59. The van der Waals surface area contributed by atoms with E-state index in [0.717, 1.165) is 17.8 Å². The molecular weight excluding hydrogens is 420 g/mol. The largest absolute Gasteiger partial charge is 0.0870 e. The smallest absolute Gasteiger partial charge is 0.00616 e. The van der Waals surface area contributed by atoms with Gasteiger partial charge in [0.25, 0.3) is 0 Å². The van der Waals surface area contributed by atoms with Crippen LogP contribution in [-0.2, 0) is 0 Å². The minimum Gasteiger partial charge on any atom is -0.0870 e. The molecule has 0 radical (unpaired) electrons. The summed E-state index contributed by atoms with van der Waals surface area (Å²) in [6, 6.07) is 0. The van der Waals surface area contributed by atoms with Crippen molar-refractivity contribution in [3.05, 3.63) is 68.9 Å². The van der Waals surface area contributed by atoms with Gasteiger partial charge in [-0.15, -0.1) is 0 Å². The van der Waals surface area contributed by atoms with Crippen LogP contribution in [0.25, 0.3) is 0 Å². The Morgan fingerprint density at radius 1 is 0.800 bits per heavy atom. The zero-order valence-electron chi connectivity index (χ0n) is 23.1. The van der Waals surface area contributed by atoms with E-state index in [-0.39, 0.29) is 0 Å². The van der Waals surface area contributed by atoms with Crippen LogP contribution in [0.3, 0.4) is 0 Å². The number of rotatable bonds is 9. The molecule has 0 nitrogen and oxygen atoms in total. The van der Waals surface area contributed by atoms with Gasteiger partial charge in [0.1, 0.15) is 0 Å². The summed E-state index contributed by atoms with van der Waals surface area (Å²) in [7, 11) is 0. The second-order valence-electron chi connectivity index (χ2n) is 12.8. The molecule has 3 unspecified atom stereocenters. The standard InChI is InChI=1S/C35H48/c1-6-21(4)29-31(25-15-16-25)28(8-3)32(23-11-9-12-23)35(27-19-20-27)34(24-13-10-14-24)30(22(5)7-2)33(29)26-17-18-26/h10,13,19-26,31H,6-9,11-12,14-18H2,1-5H3/b32-28-,33-29-,34-30-/t21?,22?,24?,31-/m0/s1. The zero-order chi connectivity index (χ0) is 24.3. The van der Waals surface area contributed by atoms with E-state index in [4.69, 9.17) is 0 Å². The number of hydrogen-bond donors (Lipinski definition) is 0. The molecule has 3 saturated carbocycles. The van der Waals surface area contributed by atoms with Gasteiger partial charge in [-0.05, 0) is 127 Å². The molecule has 0 bridgehead atoms. The molecule has 0 N–H and O–H groups in total. The van der Waals surface area contributed by atoms with Crippen molar-refractivity contribution in [1.29, 1.82) is 0 Å². The average Bonchev–Trinajstić information content (AvgIpc) is 3.62. The summed E-state index contributed by atoms with van der Waals surface area (Å²) in [4.78, 5) is 0. The fourth-order valence-corrected chi connectivity index (χ4v) is 7.55. The van der Waals surface area contributed by atoms with Crippen LogP contribution in [0.15, 0.2) is 68.9 Å². The third kappa shape index (κ3) is 4.12. The highest BCUT2D eigenvalue weighted by Gasteiger charge is 2.47. The number of hydrogen-bond acceptors (Lipinski definition) is 0. The first-order chi connectivity index (χ1) is 17.1. The first kappa shape index (κ1) is 23.8. The molecule has 0 heterocycles. The summed E-state index contributed by atoms with van der Waals surface area (Å²) in [6.07, 6.45) is 24.9. The Hall–Kier alpha value is -1.56. The molecule has 0 heteroatoms. The summed E-state index contributed by atoms with van der Waals surface area (Å²) in [5.74, 6) is 5.22. The van der Waals surface area contributed by atoms with Crippen LogP contribution in [-0.4, -0.2) is 0 Å². The highest BCUT2D eigenvalue weighted by molar-refractivity contribution is 5.70. The fourth-order valence-electron chi connectivity index (χ4n) is 7.55. The van der Waals surface area contributed by atoms with Crippen molar-refractivity contribution in [2.24, 2.45) is 41.4 Å². The van der Waals surface area contributed by atoms with E-state index in [1.54, 1.807) is 16.7 Å². The van der Waals surface area contributed by atoms with Gasteiger partial charge in [0.2, 0.25) is 0 Å². The van der Waals surface area contributed by atoms with Gasteiger partial charge >= 0.3 is 0 Å². The third-order valence-electron chi connectivity index (χ3n) is 10.5. The summed E-state index contributed by atoms with van der Waals surface area (Å²) in [5, 5.41) is 0. The van der Waals surface area contributed by atoms with E-state index in [2.05, 4.69) is 58.9 Å². The Labute approximate surface area is 215 Å². The van der Waals surface area contributed by atoms with Crippen molar-refractivity contribution in [3.8, 4) is 0 Å². The Balaban J connectivity index is 1.73. The van der Waals surface area contributed by atoms with Crippen molar-refractivity contribution >= 4 is 0 Å². The van der Waals surface area contributed by atoms with Crippen LogP contribution in [0.2, 0.25) is 0 Å². The lowest BCUT2D eigenvalue weighted by Crippen LogP contribution is -2.30. The van der Waals surface area contributed by atoms with Crippen LogP contribution in [0.1, 0.15) is 105 Å². The van der Waals surface area contributed by atoms with Crippen LogP contribution < -0.4 is 0 Å². The second-order valence-corrected chi connectivity index (χ2v) is 12.8.